The van der Waals surface area contributed by atoms with Crippen LogP contribution < -0.4 is 10.5 Å². The van der Waals surface area contributed by atoms with Crippen LogP contribution in [0.2, 0.25) is 0 Å². The second-order valence-corrected chi connectivity index (χ2v) is 6.15. The quantitative estimate of drug-likeness (QED) is 0.884. The first-order chi connectivity index (χ1) is 8.72. The Kier molecular flexibility index (Phi) is 3.36. The molecule has 1 aliphatic carbocycles. The highest BCUT2D eigenvalue weighted by molar-refractivity contribution is 7.89. The fourth-order valence-corrected chi connectivity index (χ4v) is 3.51. The Morgan fingerprint density at radius 1 is 1.26 bits per heavy atom. The third-order valence-corrected chi connectivity index (χ3v) is 4.74. The fraction of sp³-hybridized carbons (Fsp3) is 0.455. The number of alkyl halides is 3. The van der Waals surface area contributed by atoms with E-state index in [2.05, 4.69) is 0 Å². The molecule has 1 aromatic carbocycles. The predicted octanol–water partition coefficient (Wildman–Crippen LogP) is 1.52. The molecule has 19 heavy (non-hydrogen) atoms. The van der Waals surface area contributed by atoms with Crippen molar-refractivity contribution in [2.75, 3.05) is 0 Å². The van der Waals surface area contributed by atoms with Gasteiger partial charge in [0.2, 0.25) is 10.0 Å². The molecule has 4 nitrogen and oxygen atoms in total. The Morgan fingerprint density at radius 3 is 2.32 bits per heavy atom. The molecular weight excluding hydrogens is 281 g/mol. The molecule has 0 aromatic heterocycles. The fourth-order valence-electron chi connectivity index (χ4n) is 1.82. The number of sulfonamides is 1. The van der Waals surface area contributed by atoms with E-state index in [9.17, 15) is 21.6 Å². The lowest BCUT2D eigenvalue weighted by molar-refractivity contribution is -0.160. The number of hydrogen-bond donors (Lipinski definition) is 2. The van der Waals surface area contributed by atoms with Crippen molar-refractivity contribution in [2.24, 2.45) is 5.73 Å². The van der Waals surface area contributed by atoms with Crippen LogP contribution in [0.1, 0.15) is 18.4 Å². The maximum Gasteiger partial charge on any atom is 0.407 e. The second kappa shape index (κ2) is 4.46. The van der Waals surface area contributed by atoms with Gasteiger partial charge >= 0.3 is 6.18 Å². The molecular formula is C11H13F3N2O2S. The lowest BCUT2D eigenvalue weighted by Gasteiger charge is -2.21. The zero-order valence-corrected chi connectivity index (χ0v) is 10.7. The zero-order chi connectivity index (χ0) is 14.3. The van der Waals surface area contributed by atoms with Crippen LogP contribution in [-0.2, 0) is 16.6 Å². The summed E-state index contributed by atoms with van der Waals surface area (Å²) >= 11 is 0. The van der Waals surface area contributed by atoms with Gasteiger partial charge in [-0.1, -0.05) is 18.2 Å². The van der Waals surface area contributed by atoms with Crippen molar-refractivity contribution < 1.29 is 21.6 Å². The summed E-state index contributed by atoms with van der Waals surface area (Å²) < 4.78 is 64.2. The largest absolute Gasteiger partial charge is 0.407 e. The van der Waals surface area contributed by atoms with E-state index < -0.39 is 21.7 Å². The topological polar surface area (TPSA) is 72.2 Å². The van der Waals surface area contributed by atoms with Crippen LogP contribution in [0.5, 0.6) is 0 Å². The van der Waals surface area contributed by atoms with E-state index in [1.165, 1.54) is 18.2 Å². The van der Waals surface area contributed by atoms with Gasteiger partial charge in [0.1, 0.15) is 5.54 Å². The van der Waals surface area contributed by atoms with Gasteiger partial charge in [-0.25, -0.2) is 8.42 Å². The van der Waals surface area contributed by atoms with Gasteiger partial charge < -0.3 is 5.73 Å². The molecule has 0 radical (unpaired) electrons. The van der Waals surface area contributed by atoms with Crippen LogP contribution in [0.4, 0.5) is 13.2 Å². The molecule has 2 rings (SSSR count). The Balaban J connectivity index is 2.34. The summed E-state index contributed by atoms with van der Waals surface area (Å²) in [7, 11) is -4.23. The van der Waals surface area contributed by atoms with Gasteiger partial charge in [0.25, 0.3) is 0 Å². The van der Waals surface area contributed by atoms with E-state index in [-0.39, 0.29) is 29.8 Å². The van der Waals surface area contributed by atoms with E-state index in [0.717, 1.165) is 0 Å². The summed E-state index contributed by atoms with van der Waals surface area (Å²) in [5.41, 5.74) is 3.37. The Morgan fingerprint density at radius 2 is 1.84 bits per heavy atom. The summed E-state index contributed by atoms with van der Waals surface area (Å²) in [5, 5.41) is 0. The van der Waals surface area contributed by atoms with Crippen LogP contribution in [0.3, 0.4) is 0 Å². The molecule has 1 saturated carbocycles. The van der Waals surface area contributed by atoms with Crippen molar-refractivity contribution in [3.8, 4) is 0 Å². The van der Waals surface area contributed by atoms with Crippen molar-refractivity contribution in [1.29, 1.82) is 0 Å². The molecule has 0 atom stereocenters. The van der Waals surface area contributed by atoms with Gasteiger partial charge in [0.05, 0.1) is 4.90 Å². The van der Waals surface area contributed by atoms with E-state index in [1.54, 1.807) is 10.8 Å². The van der Waals surface area contributed by atoms with Gasteiger partial charge in [0, 0.05) is 6.54 Å². The molecule has 0 heterocycles. The summed E-state index contributed by atoms with van der Waals surface area (Å²) in [6.45, 7) is -0.0594. The number of benzene rings is 1. The number of nitrogens with one attached hydrogen (secondary N) is 1. The maximum absolute atomic E-state index is 12.8. The van der Waals surface area contributed by atoms with Crippen molar-refractivity contribution >= 4 is 10.0 Å². The molecule has 0 unspecified atom stereocenters. The third-order valence-electron chi connectivity index (χ3n) is 3.10. The Labute approximate surface area is 108 Å². The van der Waals surface area contributed by atoms with Crippen LogP contribution in [0.25, 0.3) is 0 Å². The monoisotopic (exact) mass is 294 g/mol. The highest BCUT2D eigenvalue weighted by Gasteiger charge is 2.65. The normalized spacial score (nSPS) is 18.3. The van der Waals surface area contributed by atoms with Crippen LogP contribution in [0, 0.1) is 0 Å². The summed E-state index contributed by atoms with van der Waals surface area (Å²) in [4.78, 5) is -0.201. The first-order valence-electron chi connectivity index (χ1n) is 5.60. The Hall–Kier alpha value is -1.12. The molecule has 0 amide bonds. The van der Waals surface area contributed by atoms with Crippen molar-refractivity contribution in [1.82, 2.24) is 4.72 Å². The SMILES string of the molecule is NCc1ccccc1S(=O)(=O)NC1(C(F)(F)F)CC1. The molecule has 1 fully saturated rings. The van der Waals surface area contributed by atoms with Crippen molar-refractivity contribution in [3.63, 3.8) is 0 Å². The zero-order valence-electron chi connectivity index (χ0n) is 9.87. The third kappa shape index (κ3) is 2.60. The van der Waals surface area contributed by atoms with Crippen LogP contribution in [0.15, 0.2) is 29.2 Å². The van der Waals surface area contributed by atoms with E-state index >= 15 is 0 Å². The van der Waals surface area contributed by atoms with Crippen LogP contribution >= 0.6 is 0 Å². The second-order valence-electron chi connectivity index (χ2n) is 4.50. The van der Waals surface area contributed by atoms with Crippen molar-refractivity contribution in [3.05, 3.63) is 29.8 Å². The molecule has 106 valence electrons. The van der Waals surface area contributed by atoms with Crippen LogP contribution in [-0.4, -0.2) is 20.1 Å². The molecule has 3 N–H and O–H groups in total. The van der Waals surface area contributed by atoms with Gasteiger partial charge in [-0.3, -0.25) is 0 Å². The molecule has 1 aromatic rings. The summed E-state index contributed by atoms with van der Waals surface area (Å²) in [6.07, 6.45) is -5.06. The average Bonchev–Trinajstić information content (AvgIpc) is 3.08. The summed E-state index contributed by atoms with van der Waals surface area (Å²) in [5.74, 6) is 0. The minimum Gasteiger partial charge on any atom is -0.326 e. The van der Waals surface area contributed by atoms with E-state index in [1.807, 2.05) is 0 Å². The highest BCUT2D eigenvalue weighted by atomic mass is 32.2. The van der Waals surface area contributed by atoms with Gasteiger partial charge in [-0.05, 0) is 24.5 Å². The maximum atomic E-state index is 12.8. The Bertz CT molecular complexity index is 580. The van der Waals surface area contributed by atoms with Gasteiger partial charge in [-0.2, -0.15) is 17.9 Å². The van der Waals surface area contributed by atoms with E-state index in [0.29, 0.717) is 0 Å². The van der Waals surface area contributed by atoms with Gasteiger partial charge in [0.15, 0.2) is 0 Å². The molecule has 0 saturated heterocycles. The number of nitrogens with two attached hydrogens (primary N) is 1. The lowest BCUT2D eigenvalue weighted by atomic mass is 10.2. The summed E-state index contributed by atoms with van der Waals surface area (Å²) in [6, 6.07) is 5.75. The molecule has 0 spiro atoms. The molecule has 0 aliphatic heterocycles. The number of halogens is 3. The first kappa shape index (κ1) is 14.3. The standard InChI is InChI=1S/C11H13F3N2O2S/c12-11(13,14)10(5-6-10)16-19(17,18)9-4-2-1-3-8(9)7-15/h1-4,16H,5-7,15H2. The average molecular weight is 294 g/mol. The lowest BCUT2D eigenvalue weighted by Crippen LogP contribution is -2.47. The predicted molar refractivity (Wildman–Crippen MR) is 62.7 cm³/mol. The van der Waals surface area contributed by atoms with Crippen molar-refractivity contribution in [2.45, 2.75) is 36.0 Å². The molecule has 8 heteroatoms. The minimum atomic E-state index is -4.59. The highest BCUT2D eigenvalue weighted by Crippen LogP contribution is 2.49. The number of hydrogen-bond acceptors (Lipinski definition) is 3. The molecule has 0 bridgehead atoms. The minimum absolute atomic E-state index is 0.0594. The first-order valence-corrected chi connectivity index (χ1v) is 7.09. The number of rotatable bonds is 4. The van der Waals surface area contributed by atoms with E-state index in [4.69, 9.17) is 5.73 Å². The smallest absolute Gasteiger partial charge is 0.326 e. The van der Waals surface area contributed by atoms with Gasteiger partial charge in [-0.15, -0.1) is 0 Å². The molecule has 1 aliphatic rings.